The zero-order chi connectivity index (χ0) is 22.5. The van der Waals surface area contributed by atoms with E-state index in [4.69, 9.17) is 0 Å². The molecule has 170 valence electrons. The first-order chi connectivity index (χ1) is 15.5. The summed E-state index contributed by atoms with van der Waals surface area (Å²) in [4.78, 5) is 42.6. The van der Waals surface area contributed by atoms with Gasteiger partial charge in [-0.15, -0.1) is 0 Å². The van der Waals surface area contributed by atoms with E-state index in [0.717, 1.165) is 36.3 Å². The van der Waals surface area contributed by atoms with Crippen LogP contribution in [0.5, 0.6) is 0 Å². The van der Waals surface area contributed by atoms with Crippen molar-refractivity contribution in [3.8, 4) is 0 Å². The van der Waals surface area contributed by atoms with Crippen LogP contribution in [0.15, 0.2) is 41.3 Å². The van der Waals surface area contributed by atoms with Gasteiger partial charge in [-0.2, -0.15) is 0 Å². The number of carbonyl (C=O) groups is 2. The van der Waals surface area contributed by atoms with E-state index in [1.807, 2.05) is 36.5 Å². The molecule has 1 aromatic carbocycles. The highest BCUT2D eigenvalue weighted by molar-refractivity contribution is 5.95. The van der Waals surface area contributed by atoms with Gasteiger partial charge >= 0.3 is 0 Å². The van der Waals surface area contributed by atoms with Gasteiger partial charge in [0.05, 0.1) is 6.54 Å². The fourth-order valence-corrected chi connectivity index (χ4v) is 4.71. The van der Waals surface area contributed by atoms with Gasteiger partial charge in [0.2, 0.25) is 5.91 Å². The monoisotopic (exact) mass is 436 g/mol. The van der Waals surface area contributed by atoms with E-state index in [1.54, 1.807) is 16.4 Å². The summed E-state index contributed by atoms with van der Waals surface area (Å²) in [6.07, 6.45) is 6.03. The number of nitrogens with zero attached hydrogens (tertiary/aromatic N) is 3. The molecule has 7 nitrogen and oxygen atoms in total. The number of rotatable bonds is 6. The van der Waals surface area contributed by atoms with Crippen LogP contribution in [0.2, 0.25) is 0 Å². The molecule has 0 saturated carbocycles. The van der Waals surface area contributed by atoms with Crippen LogP contribution in [0.25, 0.3) is 0 Å². The molecule has 32 heavy (non-hydrogen) atoms. The maximum Gasteiger partial charge on any atom is 0.264 e. The first-order valence-electron chi connectivity index (χ1n) is 11.6. The van der Waals surface area contributed by atoms with Gasteiger partial charge in [0.15, 0.2) is 0 Å². The van der Waals surface area contributed by atoms with Crippen LogP contribution < -0.4 is 10.9 Å². The van der Waals surface area contributed by atoms with E-state index < -0.39 is 0 Å². The number of aromatic nitrogens is 1. The zero-order valence-electron chi connectivity index (χ0n) is 18.8. The molecule has 0 unspecified atom stereocenters. The van der Waals surface area contributed by atoms with Gasteiger partial charge in [0, 0.05) is 39.3 Å². The summed E-state index contributed by atoms with van der Waals surface area (Å²) in [6, 6.07) is 9.73. The fourth-order valence-electron chi connectivity index (χ4n) is 4.71. The number of likely N-dealkylation sites (tertiary alicyclic amines) is 1. The number of hydrogen-bond acceptors (Lipinski definition) is 4. The van der Waals surface area contributed by atoms with Crippen molar-refractivity contribution < 1.29 is 9.59 Å². The van der Waals surface area contributed by atoms with Gasteiger partial charge in [-0.1, -0.05) is 36.8 Å². The number of carbonyl (C=O) groups excluding carboxylic acids is 2. The Morgan fingerprint density at radius 2 is 1.78 bits per heavy atom. The molecule has 0 aliphatic carbocycles. The molecular formula is C25H32N4O3. The van der Waals surface area contributed by atoms with Gasteiger partial charge in [0.1, 0.15) is 5.56 Å². The third-order valence-electron chi connectivity index (χ3n) is 6.50. The van der Waals surface area contributed by atoms with Gasteiger partial charge in [-0.25, -0.2) is 0 Å². The molecule has 4 rings (SSSR count). The lowest BCUT2D eigenvalue weighted by Crippen LogP contribution is -2.42. The summed E-state index contributed by atoms with van der Waals surface area (Å²) in [5.74, 6) is -0.300. The van der Waals surface area contributed by atoms with E-state index in [-0.39, 0.29) is 22.9 Å². The van der Waals surface area contributed by atoms with Gasteiger partial charge in [-0.05, 0) is 49.0 Å². The molecular weight excluding hydrogens is 404 g/mol. The van der Waals surface area contributed by atoms with Crippen LogP contribution >= 0.6 is 0 Å². The van der Waals surface area contributed by atoms with Crippen molar-refractivity contribution in [2.75, 3.05) is 32.7 Å². The summed E-state index contributed by atoms with van der Waals surface area (Å²) in [5.41, 5.74) is 2.63. The highest BCUT2D eigenvalue weighted by Crippen LogP contribution is 2.21. The molecule has 7 heteroatoms. The molecule has 2 aliphatic rings. The van der Waals surface area contributed by atoms with E-state index in [0.29, 0.717) is 32.6 Å². The Balaban J connectivity index is 1.59. The molecule has 2 amide bonds. The maximum absolute atomic E-state index is 13.4. The molecule has 0 spiro atoms. The lowest BCUT2D eigenvalue weighted by Gasteiger charge is -2.30. The van der Waals surface area contributed by atoms with Crippen LogP contribution in [0.4, 0.5) is 0 Å². The molecule has 2 aromatic rings. The average molecular weight is 437 g/mol. The number of pyridine rings is 1. The number of hydrogen-bond donors (Lipinski definition) is 1. The minimum Gasteiger partial charge on any atom is -0.351 e. The number of amides is 2. The lowest BCUT2D eigenvalue weighted by molar-refractivity contribution is -0.129. The second-order valence-electron chi connectivity index (χ2n) is 8.78. The van der Waals surface area contributed by atoms with E-state index in [2.05, 4.69) is 10.2 Å². The van der Waals surface area contributed by atoms with E-state index in [1.165, 1.54) is 19.3 Å². The zero-order valence-corrected chi connectivity index (χ0v) is 18.8. The normalized spacial score (nSPS) is 16.5. The van der Waals surface area contributed by atoms with E-state index >= 15 is 0 Å². The first-order valence-corrected chi connectivity index (χ1v) is 11.6. The standard InChI is InChI=1S/C25H32N4O3/c1-19(30)28-14-10-22-21(17-28)18-29(16-20-8-4-2-5-9-20)25(32)23(22)24(31)26-11-15-27-12-6-3-7-13-27/h2,4-5,8-9,18H,3,6-7,10-17H2,1H3,(H,26,31). The summed E-state index contributed by atoms with van der Waals surface area (Å²) in [5, 5.41) is 2.99. The fraction of sp³-hybridized carbons (Fsp3) is 0.480. The summed E-state index contributed by atoms with van der Waals surface area (Å²) >= 11 is 0. The van der Waals surface area contributed by atoms with Crippen LogP contribution in [0.1, 0.15) is 53.2 Å². The Labute approximate surface area is 189 Å². The lowest BCUT2D eigenvalue weighted by atomic mass is 9.96. The summed E-state index contributed by atoms with van der Waals surface area (Å²) in [6.45, 7) is 6.37. The summed E-state index contributed by atoms with van der Waals surface area (Å²) in [7, 11) is 0. The molecule has 3 heterocycles. The molecule has 0 atom stereocenters. The summed E-state index contributed by atoms with van der Waals surface area (Å²) < 4.78 is 1.61. The first kappa shape index (κ1) is 22.3. The van der Waals surface area contributed by atoms with Crippen LogP contribution in [-0.2, 0) is 24.3 Å². The van der Waals surface area contributed by atoms with Crippen LogP contribution in [0.3, 0.4) is 0 Å². The minimum absolute atomic E-state index is 0.00370. The molecule has 1 saturated heterocycles. The molecule has 1 aromatic heterocycles. The van der Waals surface area contributed by atoms with Crippen molar-refractivity contribution >= 4 is 11.8 Å². The number of fused-ring (bicyclic) bond motifs is 1. The maximum atomic E-state index is 13.4. The average Bonchev–Trinajstić information content (AvgIpc) is 2.80. The smallest absolute Gasteiger partial charge is 0.264 e. The van der Waals surface area contributed by atoms with Crippen LogP contribution in [-0.4, -0.2) is 58.9 Å². The quantitative estimate of drug-likeness (QED) is 0.752. The second-order valence-corrected chi connectivity index (χ2v) is 8.78. The van der Waals surface area contributed by atoms with Crippen molar-refractivity contribution in [3.63, 3.8) is 0 Å². The Kier molecular flexibility index (Phi) is 7.05. The number of piperidine rings is 1. The molecule has 0 bridgehead atoms. The Morgan fingerprint density at radius 3 is 2.50 bits per heavy atom. The largest absolute Gasteiger partial charge is 0.351 e. The Morgan fingerprint density at radius 1 is 1.03 bits per heavy atom. The molecule has 1 fully saturated rings. The highest BCUT2D eigenvalue weighted by atomic mass is 16.2. The third kappa shape index (κ3) is 5.10. The Hall–Kier alpha value is -2.93. The van der Waals surface area contributed by atoms with Crippen LogP contribution in [0, 0.1) is 0 Å². The van der Waals surface area contributed by atoms with Gasteiger partial charge in [0.25, 0.3) is 11.5 Å². The van der Waals surface area contributed by atoms with Gasteiger partial charge < -0.3 is 19.7 Å². The SMILES string of the molecule is CC(=O)N1CCc2c(cn(Cc3ccccc3)c(=O)c2C(=O)NCCN2CCCCC2)C1. The molecule has 0 radical (unpaired) electrons. The van der Waals surface area contributed by atoms with Crippen molar-refractivity contribution in [1.82, 2.24) is 19.7 Å². The topological polar surface area (TPSA) is 74.6 Å². The number of benzene rings is 1. The Bertz CT molecular complexity index is 1030. The van der Waals surface area contributed by atoms with Crippen molar-refractivity contribution in [2.24, 2.45) is 0 Å². The number of nitrogens with one attached hydrogen (secondary N) is 1. The second kappa shape index (κ2) is 10.1. The van der Waals surface area contributed by atoms with E-state index in [9.17, 15) is 14.4 Å². The van der Waals surface area contributed by atoms with Crippen molar-refractivity contribution in [2.45, 2.75) is 45.7 Å². The third-order valence-corrected chi connectivity index (χ3v) is 6.50. The highest BCUT2D eigenvalue weighted by Gasteiger charge is 2.27. The van der Waals surface area contributed by atoms with Crippen molar-refractivity contribution in [3.05, 3.63) is 69.1 Å². The predicted octanol–water partition coefficient (Wildman–Crippen LogP) is 2.02. The van der Waals surface area contributed by atoms with Crippen molar-refractivity contribution in [1.29, 1.82) is 0 Å². The van der Waals surface area contributed by atoms with Gasteiger partial charge in [-0.3, -0.25) is 14.4 Å². The predicted molar refractivity (Wildman–Crippen MR) is 124 cm³/mol. The minimum atomic E-state index is -0.304. The molecule has 1 N–H and O–H groups in total. The molecule has 2 aliphatic heterocycles.